The van der Waals surface area contributed by atoms with Crippen molar-refractivity contribution in [3.63, 3.8) is 0 Å². The van der Waals surface area contributed by atoms with Crippen LogP contribution in [-0.4, -0.2) is 61.2 Å². The lowest BCUT2D eigenvalue weighted by atomic mass is 10.0. The van der Waals surface area contributed by atoms with Gasteiger partial charge in [0, 0.05) is 22.3 Å². The molecule has 0 aliphatic heterocycles. The summed E-state index contributed by atoms with van der Waals surface area (Å²) in [7, 11) is 2.37. The second-order valence-electron chi connectivity index (χ2n) is 5.99. The molecule has 0 saturated carbocycles. The highest BCUT2D eigenvalue weighted by Gasteiger charge is 2.14. The lowest BCUT2D eigenvalue weighted by Crippen LogP contribution is -2.09. The molecule has 2 aromatic carbocycles. The molecule has 0 unspecified atom stereocenters. The van der Waals surface area contributed by atoms with Gasteiger partial charge in [-0.3, -0.25) is 9.59 Å². The van der Waals surface area contributed by atoms with Gasteiger partial charge in [0.1, 0.15) is 13.2 Å². The van der Waals surface area contributed by atoms with Crippen molar-refractivity contribution in [3.8, 4) is 11.8 Å². The Morgan fingerprint density at radius 1 is 0.667 bits per heavy atom. The summed E-state index contributed by atoms with van der Waals surface area (Å²) >= 11 is 0. The average molecular weight is 410 g/mol. The molecule has 154 valence electrons. The first-order chi connectivity index (χ1) is 14.3. The van der Waals surface area contributed by atoms with E-state index < -0.39 is 36.7 Å². The van der Waals surface area contributed by atoms with Gasteiger partial charge < -0.3 is 19.7 Å². The first-order valence-electron chi connectivity index (χ1n) is 8.59. The van der Waals surface area contributed by atoms with Crippen LogP contribution in [0.2, 0.25) is 0 Å². The predicted molar refractivity (Wildman–Crippen MR) is 104 cm³/mol. The molecule has 8 heteroatoms. The Labute approximate surface area is 172 Å². The third kappa shape index (κ3) is 5.38. The maximum Gasteiger partial charge on any atom is 0.337 e. The average Bonchev–Trinajstić information content (AvgIpc) is 2.79. The number of Topliss-reactive ketones (excluding diaryl/α,β-unsaturated/α-hetero) is 2. The zero-order valence-electron chi connectivity index (χ0n) is 16.2. The number of ether oxygens (including phenoxy) is 2. The number of hydrogen-bond donors (Lipinski definition) is 2. The molecule has 0 radical (unpaired) electrons. The van der Waals surface area contributed by atoms with Crippen LogP contribution in [0.15, 0.2) is 36.4 Å². The zero-order valence-corrected chi connectivity index (χ0v) is 16.2. The number of methoxy groups -OCH3 is 2. The SMILES string of the molecule is COC(=O)c1cc(C#Cc2cc(C(=O)CO)cc(C(=O)OC)c2)cc(C(=O)CO)c1. The van der Waals surface area contributed by atoms with Crippen LogP contribution in [0.1, 0.15) is 52.6 Å². The van der Waals surface area contributed by atoms with Gasteiger partial charge in [0.2, 0.25) is 0 Å². The minimum Gasteiger partial charge on any atom is -0.465 e. The summed E-state index contributed by atoms with van der Waals surface area (Å²) in [5.74, 6) is 2.92. The lowest BCUT2D eigenvalue weighted by molar-refractivity contribution is 0.0591. The standard InChI is InChI=1S/C22H18O8/c1-29-21(27)17-7-13(5-15(9-17)19(25)11-23)3-4-14-6-16(20(26)12-24)10-18(8-14)22(28)30-2/h5-10,23-24H,11-12H2,1-2H3. The molecule has 2 N–H and O–H groups in total. The van der Waals surface area contributed by atoms with E-state index in [-0.39, 0.29) is 33.4 Å². The number of esters is 2. The third-order valence-corrected chi connectivity index (χ3v) is 3.99. The summed E-state index contributed by atoms with van der Waals surface area (Å²) in [6.45, 7) is -1.49. The molecule has 0 saturated heterocycles. The fourth-order valence-electron chi connectivity index (χ4n) is 2.52. The summed E-state index contributed by atoms with van der Waals surface area (Å²) in [5.41, 5.74) is 0.829. The largest absolute Gasteiger partial charge is 0.465 e. The molecule has 0 spiro atoms. The van der Waals surface area contributed by atoms with E-state index in [1.165, 1.54) is 50.6 Å². The highest BCUT2D eigenvalue weighted by molar-refractivity contribution is 6.01. The number of ketones is 2. The van der Waals surface area contributed by atoms with E-state index in [0.29, 0.717) is 0 Å². The third-order valence-electron chi connectivity index (χ3n) is 3.99. The van der Waals surface area contributed by atoms with E-state index in [4.69, 9.17) is 10.2 Å². The van der Waals surface area contributed by atoms with Gasteiger partial charge in [-0.2, -0.15) is 0 Å². The van der Waals surface area contributed by atoms with Gasteiger partial charge in [-0.15, -0.1) is 0 Å². The number of carbonyl (C=O) groups is 4. The number of aliphatic hydroxyl groups excluding tert-OH is 2. The Kier molecular flexibility index (Phi) is 7.58. The Morgan fingerprint density at radius 2 is 1.00 bits per heavy atom. The zero-order chi connectivity index (χ0) is 22.3. The second kappa shape index (κ2) is 10.1. The number of benzene rings is 2. The van der Waals surface area contributed by atoms with Crippen molar-refractivity contribution < 1.29 is 38.9 Å². The molecule has 0 aromatic heterocycles. The monoisotopic (exact) mass is 410 g/mol. The van der Waals surface area contributed by atoms with Crippen LogP contribution in [-0.2, 0) is 9.47 Å². The molecule has 0 fully saturated rings. The minimum absolute atomic E-state index is 0.0700. The summed E-state index contributed by atoms with van der Waals surface area (Å²) in [4.78, 5) is 47.4. The number of hydrogen-bond acceptors (Lipinski definition) is 8. The van der Waals surface area contributed by atoms with Crippen LogP contribution in [0.3, 0.4) is 0 Å². The maximum absolute atomic E-state index is 11.9. The smallest absolute Gasteiger partial charge is 0.337 e. The summed E-state index contributed by atoms with van der Waals surface area (Å²) < 4.78 is 9.32. The van der Waals surface area contributed by atoms with Crippen LogP contribution >= 0.6 is 0 Å². The van der Waals surface area contributed by atoms with Crippen LogP contribution in [0.4, 0.5) is 0 Å². The Bertz CT molecular complexity index is 920. The van der Waals surface area contributed by atoms with Crippen molar-refractivity contribution in [2.45, 2.75) is 0 Å². The molecule has 0 aliphatic rings. The van der Waals surface area contributed by atoms with Gasteiger partial charge in [-0.05, 0) is 36.4 Å². The normalized spacial score (nSPS) is 9.87. The molecule has 2 rings (SSSR count). The highest BCUT2D eigenvalue weighted by atomic mass is 16.5. The fourth-order valence-corrected chi connectivity index (χ4v) is 2.52. The molecule has 0 amide bonds. The first-order valence-corrected chi connectivity index (χ1v) is 8.59. The van der Waals surface area contributed by atoms with E-state index in [1.54, 1.807) is 0 Å². The van der Waals surface area contributed by atoms with Gasteiger partial charge in [-0.1, -0.05) is 11.8 Å². The Hall–Kier alpha value is -3.80. The summed E-state index contributed by atoms with van der Waals surface area (Å²) in [6, 6.07) is 8.15. The Morgan fingerprint density at radius 3 is 1.30 bits per heavy atom. The van der Waals surface area contributed by atoms with Gasteiger partial charge in [0.15, 0.2) is 11.6 Å². The van der Waals surface area contributed by atoms with Gasteiger partial charge in [-0.25, -0.2) is 9.59 Å². The predicted octanol–water partition coefficient (Wildman–Crippen LogP) is 1.01. The molecular weight excluding hydrogens is 392 g/mol. The van der Waals surface area contributed by atoms with Crippen molar-refractivity contribution in [1.82, 2.24) is 0 Å². The van der Waals surface area contributed by atoms with Crippen molar-refractivity contribution in [1.29, 1.82) is 0 Å². The van der Waals surface area contributed by atoms with E-state index in [0.717, 1.165) is 0 Å². The van der Waals surface area contributed by atoms with Gasteiger partial charge in [0.05, 0.1) is 25.3 Å². The van der Waals surface area contributed by atoms with E-state index in [1.807, 2.05) is 0 Å². The topological polar surface area (TPSA) is 127 Å². The summed E-state index contributed by atoms with van der Waals surface area (Å²) in [5, 5.41) is 18.2. The number of aliphatic hydroxyl groups is 2. The molecule has 2 aromatic rings. The Balaban J connectivity index is 2.57. The van der Waals surface area contributed by atoms with Crippen LogP contribution < -0.4 is 0 Å². The fraction of sp³-hybridized carbons (Fsp3) is 0.182. The number of carbonyl (C=O) groups excluding carboxylic acids is 4. The molecular formula is C22H18O8. The van der Waals surface area contributed by atoms with Crippen molar-refractivity contribution >= 4 is 23.5 Å². The van der Waals surface area contributed by atoms with Crippen molar-refractivity contribution in [2.75, 3.05) is 27.4 Å². The van der Waals surface area contributed by atoms with Gasteiger partial charge in [0.25, 0.3) is 0 Å². The highest BCUT2D eigenvalue weighted by Crippen LogP contribution is 2.14. The molecule has 0 atom stereocenters. The van der Waals surface area contributed by atoms with Gasteiger partial charge >= 0.3 is 11.9 Å². The molecule has 30 heavy (non-hydrogen) atoms. The van der Waals surface area contributed by atoms with Crippen LogP contribution in [0, 0.1) is 11.8 Å². The molecule has 0 bridgehead atoms. The van der Waals surface area contributed by atoms with E-state index >= 15 is 0 Å². The van der Waals surface area contributed by atoms with Crippen molar-refractivity contribution in [2.24, 2.45) is 0 Å². The maximum atomic E-state index is 11.9. The van der Waals surface area contributed by atoms with Crippen molar-refractivity contribution in [3.05, 3.63) is 69.8 Å². The first kappa shape index (κ1) is 22.5. The van der Waals surface area contributed by atoms with E-state index in [2.05, 4.69) is 21.3 Å². The quantitative estimate of drug-likeness (QED) is 0.410. The second-order valence-corrected chi connectivity index (χ2v) is 5.99. The molecule has 8 nitrogen and oxygen atoms in total. The lowest BCUT2D eigenvalue weighted by Gasteiger charge is -2.05. The molecule has 0 heterocycles. The minimum atomic E-state index is -0.745. The van der Waals surface area contributed by atoms with E-state index in [9.17, 15) is 19.2 Å². The molecule has 0 aliphatic carbocycles. The summed E-state index contributed by atoms with van der Waals surface area (Å²) in [6.07, 6.45) is 0. The number of rotatable bonds is 6. The van der Waals surface area contributed by atoms with Crippen LogP contribution in [0.25, 0.3) is 0 Å². The van der Waals surface area contributed by atoms with Crippen LogP contribution in [0.5, 0.6) is 0 Å².